The number of aromatic amines is 1. The topological polar surface area (TPSA) is 84.0 Å². The second-order valence-electron chi connectivity index (χ2n) is 7.15. The molecule has 1 aromatic heterocycles. The molecule has 4 aromatic rings. The maximum Gasteiger partial charge on any atom is 0.272 e. The third-order valence-electron chi connectivity index (χ3n) is 5.10. The van der Waals surface area contributed by atoms with E-state index in [4.69, 9.17) is 11.6 Å². The first-order valence-corrected chi connectivity index (χ1v) is 11.2. The highest BCUT2D eigenvalue weighted by Gasteiger charge is 2.18. The van der Waals surface area contributed by atoms with Crippen LogP contribution in [-0.2, 0) is 10.0 Å². The Morgan fingerprint density at radius 1 is 1.03 bits per heavy atom. The van der Waals surface area contributed by atoms with Crippen LogP contribution in [0.25, 0.3) is 10.9 Å². The zero-order chi connectivity index (χ0) is 21.5. The van der Waals surface area contributed by atoms with Crippen molar-refractivity contribution in [1.82, 2.24) is 9.78 Å². The number of aromatic nitrogens is 2. The molecule has 0 spiro atoms. The number of sulfonamides is 1. The van der Waals surface area contributed by atoms with Gasteiger partial charge in [-0.15, -0.1) is 0 Å². The van der Waals surface area contributed by atoms with E-state index in [-0.39, 0.29) is 16.5 Å². The summed E-state index contributed by atoms with van der Waals surface area (Å²) < 4.78 is 29.8. The van der Waals surface area contributed by atoms with Crippen LogP contribution in [0, 0.1) is 6.92 Å². The average Bonchev–Trinajstić information content (AvgIpc) is 3.06. The minimum Gasteiger partial charge on any atom is -0.280 e. The Balaban J connectivity index is 1.70. The van der Waals surface area contributed by atoms with E-state index in [1.165, 1.54) is 18.2 Å². The van der Waals surface area contributed by atoms with Crippen LogP contribution < -0.4 is 10.3 Å². The van der Waals surface area contributed by atoms with Crippen LogP contribution >= 0.6 is 11.6 Å². The minimum absolute atomic E-state index is 0.0578. The summed E-state index contributed by atoms with van der Waals surface area (Å²) in [5, 5.41) is 3.63. The lowest BCUT2D eigenvalue weighted by Crippen LogP contribution is -2.13. The van der Waals surface area contributed by atoms with Gasteiger partial charge < -0.3 is 0 Å². The summed E-state index contributed by atoms with van der Waals surface area (Å²) in [6.45, 7) is 3.79. The summed E-state index contributed by atoms with van der Waals surface area (Å²) >= 11 is 6.06. The summed E-state index contributed by atoms with van der Waals surface area (Å²) in [5.41, 5.74) is 2.55. The molecule has 8 heteroatoms. The Labute approximate surface area is 179 Å². The molecule has 30 heavy (non-hydrogen) atoms. The Kier molecular flexibility index (Phi) is 5.17. The molecule has 0 saturated carbocycles. The van der Waals surface area contributed by atoms with Crippen molar-refractivity contribution in [3.8, 4) is 0 Å². The van der Waals surface area contributed by atoms with Crippen molar-refractivity contribution in [2.45, 2.75) is 24.8 Å². The zero-order valence-electron chi connectivity index (χ0n) is 16.4. The average molecular weight is 442 g/mol. The molecule has 0 aliphatic carbocycles. The monoisotopic (exact) mass is 441 g/mol. The fourth-order valence-corrected chi connectivity index (χ4v) is 4.68. The van der Waals surface area contributed by atoms with Gasteiger partial charge in [0.05, 0.1) is 21.8 Å². The largest absolute Gasteiger partial charge is 0.280 e. The van der Waals surface area contributed by atoms with Crippen molar-refractivity contribution in [3.05, 3.63) is 93.2 Å². The second kappa shape index (κ2) is 7.66. The van der Waals surface area contributed by atoms with Crippen molar-refractivity contribution in [1.29, 1.82) is 0 Å². The minimum atomic E-state index is -3.84. The van der Waals surface area contributed by atoms with Gasteiger partial charge in [-0.05, 0) is 55.3 Å². The van der Waals surface area contributed by atoms with Crippen molar-refractivity contribution in [2.24, 2.45) is 0 Å². The van der Waals surface area contributed by atoms with Gasteiger partial charge in [0.15, 0.2) is 0 Å². The Bertz CT molecular complexity index is 1390. The van der Waals surface area contributed by atoms with Gasteiger partial charge in [-0.3, -0.25) is 19.3 Å². The van der Waals surface area contributed by atoms with Gasteiger partial charge in [0.25, 0.3) is 15.6 Å². The smallest absolute Gasteiger partial charge is 0.272 e. The lowest BCUT2D eigenvalue weighted by molar-refractivity contribution is 0.579. The molecule has 3 aromatic carbocycles. The number of H-pyrrole nitrogens is 1. The van der Waals surface area contributed by atoms with E-state index in [1.807, 2.05) is 37.3 Å². The number of anilines is 1. The lowest BCUT2D eigenvalue weighted by Gasteiger charge is -2.15. The van der Waals surface area contributed by atoms with E-state index in [1.54, 1.807) is 29.8 Å². The van der Waals surface area contributed by atoms with Gasteiger partial charge >= 0.3 is 0 Å². The quantitative estimate of drug-likeness (QED) is 0.470. The van der Waals surface area contributed by atoms with E-state index in [2.05, 4.69) is 9.82 Å². The van der Waals surface area contributed by atoms with Crippen LogP contribution in [0.15, 0.2) is 76.4 Å². The molecule has 0 amide bonds. The number of aryl methyl sites for hydroxylation is 1. The molecule has 1 heterocycles. The molecule has 0 bridgehead atoms. The summed E-state index contributed by atoms with van der Waals surface area (Å²) in [4.78, 5) is 12.6. The summed E-state index contributed by atoms with van der Waals surface area (Å²) in [6, 6.07) is 19.2. The van der Waals surface area contributed by atoms with E-state index in [9.17, 15) is 13.2 Å². The molecular formula is C22H20ClN3O3S. The Hall–Kier alpha value is -3.03. The van der Waals surface area contributed by atoms with E-state index >= 15 is 0 Å². The highest BCUT2D eigenvalue weighted by Crippen LogP contribution is 2.26. The summed E-state index contributed by atoms with van der Waals surface area (Å²) in [6.07, 6.45) is 0. The van der Waals surface area contributed by atoms with E-state index in [0.717, 1.165) is 11.1 Å². The van der Waals surface area contributed by atoms with Gasteiger partial charge in [-0.2, -0.15) is 0 Å². The molecule has 6 nitrogen and oxygen atoms in total. The van der Waals surface area contributed by atoms with Crippen LogP contribution in [0.1, 0.15) is 24.1 Å². The lowest BCUT2D eigenvalue weighted by atomic mass is 10.1. The Morgan fingerprint density at radius 2 is 1.77 bits per heavy atom. The van der Waals surface area contributed by atoms with Gasteiger partial charge in [-0.25, -0.2) is 8.42 Å². The fourth-order valence-electron chi connectivity index (χ4n) is 3.36. The predicted molar refractivity (Wildman–Crippen MR) is 120 cm³/mol. The van der Waals surface area contributed by atoms with Crippen molar-refractivity contribution in [3.63, 3.8) is 0 Å². The summed E-state index contributed by atoms with van der Waals surface area (Å²) in [5.74, 6) is 0. The molecule has 0 aliphatic rings. The molecule has 4 rings (SSSR count). The van der Waals surface area contributed by atoms with Crippen LogP contribution in [0.4, 0.5) is 5.69 Å². The molecule has 2 N–H and O–H groups in total. The number of nitrogens with one attached hydrogen (secondary N) is 2. The zero-order valence-corrected chi connectivity index (χ0v) is 18.0. The molecule has 0 radical (unpaired) electrons. The fraction of sp³-hybridized carbons (Fsp3) is 0.136. The molecule has 0 saturated heterocycles. The van der Waals surface area contributed by atoms with E-state index < -0.39 is 10.0 Å². The van der Waals surface area contributed by atoms with Gasteiger partial charge in [0.1, 0.15) is 0 Å². The van der Waals surface area contributed by atoms with E-state index in [0.29, 0.717) is 21.6 Å². The number of rotatable bonds is 5. The maximum atomic E-state index is 12.7. The van der Waals surface area contributed by atoms with Crippen LogP contribution in [0.5, 0.6) is 0 Å². The number of benzene rings is 3. The highest BCUT2D eigenvalue weighted by atomic mass is 35.5. The molecule has 1 unspecified atom stereocenters. The predicted octanol–water partition coefficient (Wildman–Crippen LogP) is 4.70. The SMILES string of the molecule is Cc1ccc(S(=O)(=O)Nc2ccc3c(c2)c(=O)[nH]n3C(C)c2ccccc2)cc1Cl. The van der Waals surface area contributed by atoms with Crippen molar-refractivity contribution >= 4 is 38.2 Å². The summed E-state index contributed by atoms with van der Waals surface area (Å²) in [7, 11) is -3.84. The number of fused-ring (bicyclic) bond motifs is 1. The molecule has 154 valence electrons. The first-order valence-electron chi connectivity index (χ1n) is 9.34. The van der Waals surface area contributed by atoms with Crippen LogP contribution in [0.2, 0.25) is 5.02 Å². The number of nitrogens with zero attached hydrogens (tertiary/aromatic N) is 1. The maximum absolute atomic E-state index is 12.7. The van der Waals surface area contributed by atoms with Crippen LogP contribution in [0.3, 0.4) is 0 Å². The third-order valence-corrected chi connectivity index (χ3v) is 6.88. The first kappa shape index (κ1) is 20.3. The van der Waals surface area contributed by atoms with Crippen molar-refractivity contribution in [2.75, 3.05) is 4.72 Å². The standard InChI is InChI=1S/C22H20ClN3O3S/c1-14-8-10-18(13-20(14)23)30(28,29)25-17-9-11-21-19(12-17)22(27)24-26(21)15(2)16-6-4-3-5-7-16/h3-13,15,25H,1-2H3,(H,24,27). The first-order chi connectivity index (χ1) is 14.3. The molecule has 0 aliphatic heterocycles. The number of halogens is 1. The van der Waals surface area contributed by atoms with Gasteiger partial charge in [0.2, 0.25) is 0 Å². The molecular weight excluding hydrogens is 422 g/mol. The normalized spacial score (nSPS) is 12.8. The molecule has 0 fully saturated rings. The number of hydrogen-bond acceptors (Lipinski definition) is 3. The second-order valence-corrected chi connectivity index (χ2v) is 9.24. The number of hydrogen-bond donors (Lipinski definition) is 2. The van der Waals surface area contributed by atoms with Gasteiger partial charge in [0, 0.05) is 10.7 Å². The van der Waals surface area contributed by atoms with Crippen molar-refractivity contribution < 1.29 is 8.42 Å². The Morgan fingerprint density at radius 3 is 2.47 bits per heavy atom. The van der Waals surface area contributed by atoms with Gasteiger partial charge in [-0.1, -0.05) is 48.0 Å². The van der Waals surface area contributed by atoms with Crippen LogP contribution in [-0.4, -0.2) is 18.2 Å². The third kappa shape index (κ3) is 3.74. The molecule has 1 atom stereocenters. The highest BCUT2D eigenvalue weighted by molar-refractivity contribution is 7.92.